The lowest BCUT2D eigenvalue weighted by atomic mass is 10.1. The van der Waals surface area contributed by atoms with E-state index in [2.05, 4.69) is 19.2 Å². The molecule has 0 saturated heterocycles. The Hall–Kier alpha value is -1.98. The Bertz CT molecular complexity index is 463. The lowest BCUT2D eigenvalue weighted by molar-refractivity contribution is -0.384. The van der Waals surface area contributed by atoms with Gasteiger partial charge in [0, 0.05) is 12.1 Å². The van der Waals surface area contributed by atoms with Crippen LogP contribution in [0, 0.1) is 10.1 Å². The molecule has 0 saturated carbocycles. The number of ether oxygens (including phenoxy) is 2. The Morgan fingerprint density at radius 3 is 2.30 bits per heavy atom. The van der Waals surface area contributed by atoms with E-state index >= 15 is 0 Å². The summed E-state index contributed by atoms with van der Waals surface area (Å²) < 4.78 is 10.3. The minimum atomic E-state index is -0.414. The number of nitrogens with zero attached hydrogens (tertiary/aromatic N) is 1. The fourth-order valence-corrected chi connectivity index (χ4v) is 2.08. The quantitative estimate of drug-likeness (QED) is 0.582. The van der Waals surface area contributed by atoms with Crippen LogP contribution in [0.2, 0.25) is 0 Å². The van der Waals surface area contributed by atoms with E-state index in [1.165, 1.54) is 20.3 Å². The van der Waals surface area contributed by atoms with Crippen molar-refractivity contribution >= 4 is 11.4 Å². The van der Waals surface area contributed by atoms with Crippen molar-refractivity contribution in [2.75, 3.05) is 19.5 Å². The molecule has 0 amide bonds. The van der Waals surface area contributed by atoms with E-state index in [-0.39, 0.29) is 11.7 Å². The van der Waals surface area contributed by atoms with Crippen LogP contribution in [0.15, 0.2) is 12.1 Å². The van der Waals surface area contributed by atoms with Gasteiger partial charge < -0.3 is 14.8 Å². The highest BCUT2D eigenvalue weighted by atomic mass is 16.6. The molecule has 1 aromatic rings. The highest BCUT2D eigenvalue weighted by Gasteiger charge is 2.21. The van der Waals surface area contributed by atoms with Crippen molar-refractivity contribution in [2.45, 2.75) is 39.2 Å². The van der Waals surface area contributed by atoms with Crippen LogP contribution in [0.5, 0.6) is 11.5 Å². The minimum Gasteiger partial charge on any atom is -0.493 e. The van der Waals surface area contributed by atoms with E-state index < -0.39 is 4.92 Å². The van der Waals surface area contributed by atoms with E-state index in [0.29, 0.717) is 17.2 Å². The number of methoxy groups -OCH3 is 2. The van der Waals surface area contributed by atoms with Gasteiger partial charge in [-0.1, -0.05) is 20.3 Å². The highest BCUT2D eigenvalue weighted by Crippen LogP contribution is 2.38. The van der Waals surface area contributed by atoms with Crippen molar-refractivity contribution in [1.82, 2.24) is 0 Å². The molecule has 0 aliphatic heterocycles. The molecule has 6 nitrogen and oxygen atoms in total. The Morgan fingerprint density at radius 2 is 1.85 bits per heavy atom. The number of nitro groups is 1. The van der Waals surface area contributed by atoms with Crippen LogP contribution in [0.4, 0.5) is 11.4 Å². The maximum atomic E-state index is 11.2. The standard InChI is InChI=1S/C14H22N2O4/c1-5-7-10(6-2)15-11-8-13(19-3)14(20-4)9-12(11)16(17)18/h8-10,15H,5-7H2,1-4H3. The summed E-state index contributed by atoms with van der Waals surface area (Å²) >= 11 is 0. The lowest BCUT2D eigenvalue weighted by Crippen LogP contribution is -2.18. The molecule has 1 aromatic carbocycles. The van der Waals surface area contributed by atoms with E-state index in [4.69, 9.17) is 9.47 Å². The van der Waals surface area contributed by atoms with Gasteiger partial charge in [-0.05, 0) is 12.8 Å². The molecule has 112 valence electrons. The number of hydrogen-bond acceptors (Lipinski definition) is 5. The Kier molecular flexibility index (Phi) is 6.09. The van der Waals surface area contributed by atoms with Gasteiger partial charge >= 0.3 is 0 Å². The zero-order valence-electron chi connectivity index (χ0n) is 12.4. The maximum absolute atomic E-state index is 11.2. The number of nitro benzene ring substituents is 1. The summed E-state index contributed by atoms with van der Waals surface area (Å²) in [6.07, 6.45) is 2.88. The summed E-state index contributed by atoms with van der Waals surface area (Å²) in [5, 5.41) is 14.4. The Labute approximate surface area is 119 Å². The van der Waals surface area contributed by atoms with Crippen molar-refractivity contribution in [3.05, 3.63) is 22.2 Å². The summed E-state index contributed by atoms with van der Waals surface area (Å²) in [6.45, 7) is 4.15. The third kappa shape index (κ3) is 3.76. The normalized spacial score (nSPS) is 11.8. The van der Waals surface area contributed by atoms with Crippen LogP contribution < -0.4 is 14.8 Å². The van der Waals surface area contributed by atoms with Gasteiger partial charge in [-0.25, -0.2) is 0 Å². The monoisotopic (exact) mass is 282 g/mol. The molecular weight excluding hydrogens is 260 g/mol. The first kappa shape index (κ1) is 16.1. The summed E-state index contributed by atoms with van der Waals surface area (Å²) in [5.41, 5.74) is 0.463. The lowest BCUT2D eigenvalue weighted by Gasteiger charge is -2.18. The molecule has 0 aliphatic carbocycles. The first-order valence-electron chi connectivity index (χ1n) is 6.74. The smallest absolute Gasteiger partial charge is 0.296 e. The largest absolute Gasteiger partial charge is 0.493 e. The van der Waals surface area contributed by atoms with Crippen molar-refractivity contribution in [3.63, 3.8) is 0 Å². The average Bonchev–Trinajstić information content (AvgIpc) is 2.45. The fourth-order valence-electron chi connectivity index (χ4n) is 2.08. The minimum absolute atomic E-state index is 0.00259. The second-order valence-electron chi connectivity index (χ2n) is 4.52. The predicted molar refractivity (Wildman–Crippen MR) is 78.8 cm³/mol. The van der Waals surface area contributed by atoms with Crippen LogP contribution in [0.3, 0.4) is 0 Å². The predicted octanol–water partition coefficient (Wildman–Crippen LogP) is 3.60. The van der Waals surface area contributed by atoms with E-state index in [9.17, 15) is 10.1 Å². The van der Waals surface area contributed by atoms with Gasteiger partial charge in [-0.2, -0.15) is 0 Å². The SMILES string of the molecule is CCCC(CC)Nc1cc(OC)c(OC)cc1[N+](=O)[O-]. The molecule has 0 spiro atoms. The fraction of sp³-hybridized carbons (Fsp3) is 0.571. The number of rotatable bonds is 8. The topological polar surface area (TPSA) is 73.6 Å². The molecule has 0 radical (unpaired) electrons. The molecule has 0 fully saturated rings. The van der Waals surface area contributed by atoms with Gasteiger partial charge in [-0.3, -0.25) is 10.1 Å². The van der Waals surface area contributed by atoms with E-state index in [1.54, 1.807) is 6.07 Å². The molecule has 1 rings (SSSR count). The number of hydrogen-bond donors (Lipinski definition) is 1. The van der Waals surface area contributed by atoms with Gasteiger partial charge in [0.25, 0.3) is 5.69 Å². The Morgan fingerprint density at radius 1 is 1.25 bits per heavy atom. The first-order chi connectivity index (χ1) is 9.57. The molecule has 6 heteroatoms. The van der Waals surface area contributed by atoms with Crippen LogP contribution in [0.25, 0.3) is 0 Å². The molecule has 20 heavy (non-hydrogen) atoms. The Balaban J connectivity index is 3.18. The number of benzene rings is 1. The number of anilines is 1. The first-order valence-corrected chi connectivity index (χ1v) is 6.74. The molecule has 1 atom stereocenters. The average molecular weight is 282 g/mol. The molecular formula is C14H22N2O4. The summed E-state index contributed by atoms with van der Waals surface area (Å²) in [5.74, 6) is 0.834. The second-order valence-corrected chi connectivity index (χ2v) is 4.52. The van der Waals surface area contributed by atoms with Crippen molar-refractivity contribution < 1.29 is 14.4 Å². The van der Waals surface area contributed by atoms with Crippen molar-refractivity contribution in [2.24, 2.45) is 0 Å². The summed E-state index contributed by atoms with van der Waals surface area (Å²) in [6, 6.07) is 3.21. The maximum Gasteiger partial charge on any atom is 0.296 e. The molecule has 1 unspecified atom stereocenters. The molecule has 0 bridgehead atoms. The molecule has 0 aromatic heterocycles. The van der Waals surface area contributed by atoms with Gasteiger partial charge in [0.2, 0.25) is 0 Å². The van der Waals surface area contributed by atoms with Crippen LogP contribution in [-0.2, 0) is 0 Å². The van der Waals surface area contributed by atoms with E-state index in [1.807, 2.05) is 0 Å². The van der Waals surface area contributed by atoms with E-state index in [0.717, 1.165) is 19.3 Å². The zero-order chi connectivity index (χ0) is 15.1. The summed E-state index contributed by atoms with van der Waals surface area (Å²) in [4.78, 5) is 10.8. The van der Waals surface area contributed by atoms with Crippen LogP contribution >= 0.6 is 0 Å². The third-order valence-electron chi connectivity index (χ3n) is 3.19. The highest BCUT2D eigenvalue weighted by molar-refractivity contribution is 5.68. The van der Waals surface area contributed by atoms with Gasteiger partial charge in [0.1, 0.15) is 5.69 Å². The zero-order valence-corrected chi connectivity index (χ0v) is 12.4. The van der Waals surface area contributed by atoms with Crippen molar-refractivity contribution in [3.8, 4) is 11.5 Å². The number of nitrogens with one attached hydrogen (secondary N) is 1. The molecule has 0 heterocycles. The summed E-state index contributed by atoms with van der Waals surface area (Å²) in [7, 11) is 2.97. The van der Waals surface area contributed by atoms with Crippen LogP contribution in [-0.4, -0.2) is 25.2 Å². The molecule has 1 N–H and O–H groups in total. The van der Waals surface area contributed by atoms with Crippen molar-refractivity contribution in [1.29, 1.82) is 0 Å². The van der Waals surface area contributed by atoms with Gasteiger partial charge in [-0.15, -0.1) is 0 Å². The van der Waals surface area contributed by atoms with Crippen LogP contribution in [0.1, 0.15) is 33.1 Å². The third-order valence-corrected chi connectivity index (χ3v) is 3.19. The second kappa shape index (κ2) is 7.57. The van der Waals surface area contributed by atoms with Gasteiger partial charge in [0.15, 0.2) is 11.5 Å². The van der Waals surface area contributed by atoms with Gasteiger partial charge in [0.05, 0.1) is 25.2 Å². The molecule has 0 aliphatic rings.